The molecule has 7 heteroatoms. The quantitative estimate of drug-likeness (QED) is 0.849. The van der Waals surface area contributed by atoms with Gasteiger partial charge in [-0.05, 0) is 31.5 Å². The number of nitrogens with zero attached hydrogens (tertiary/aromatic N) is 1. The van der Waals surface area contributed by atoms with E-state index in [0.29, 0.717) is 18.7 Å². The lowest BCUT2D eigenvalue weighted by Crippen LogP contribution is -2.56. The Balaban J connectivity index is 1.98. The Morgan fingerprint density at radius 3 is 2.32 bits per heavy atom. The highest BCUT2D eigenvalue weighted by Gasteiger charge is 2.27. The first-order valence-corrected chi connectivity index (χ1v) is 9.85. The molecule has 0 aliphatic carbocycles. The van der Waals surface area contributed by atoms with E-state index in [2.05, 4.69) is 21.2 Å². The summed E-state index contributed by atoms with van der Waals surface area (Å²) in [6, 6.07) is 7.46. The molecule has 1 aromatic rings. The van der Waals surface area contributed by atoms with E-state index in [9.17, 15) is 13.2 Å². The number of nitrogens with one attached hydrogen (secondary N) is 1. The molecule has 1 saturated heterocycles. The van der Waals surface area contributed by atoms with Crippen LogP contribution in [0.3, 0.4) is 0 Å². The summed E-state index contributed by atoms with van der Waals surface area (Å²) in [4.78, 5) is 13.9. The van der Waals surface area contributed by atoms with Gasteiger partial charge in [0.25, 0.3) is 0 Å². The highest BCUT2D eigenvalue weighted by atomic mass is 79.9. The smallest absolute Gasteiger partial charge is 0.237 e. The fourth-order valence-electron chi connectivity index (χ4n) is 2.70. The zero-order valence-electron chi connectivity index (χ0n) is 12.8. The van der Waals surface area contributed by atoms with E-state index < -0.39 is 15.6 Å². The van der Waals surface area contributed by atoms with Crippen LogP contribution in [0.25, 0.3) is 0 Å². The highest BCUT2D eigenvalue weighted by molar-refractivity contribution is 9.10. The Bertz CT molecular complexity index is 621. The molecule has 1 aliphatic heterocycles. The topological polar surface area (TPSA) is 66.5 Å². The van der Waals surface area contributed by atoms with E-state index in [-0.39, 0.29) is 23.7 Å². The number of benzene rings is 1. The Morgan fingerprint density at radius 2 is 1.77 bits per heavy atom. The molecule has 0 saturated carbocycles. The number of hydrogen-bond donors (Lipinski definition) is 1. The molecule has 1 N–H and O–H groups in total. The van der Waals surface area contributed by atoms with Crippen molar-refractivity contribution in [2.45, 2.75) is 31.7 Å². The third-order valence-electron chi connectivity index (χ3n) is 3.55. The maximum absolute atomic E-state index is 12.3. The second-order valence-electron chi connectivity index (χ2n) is 5.93. The number of halogens is 1. The number of hydrogen-bond acceptors (Lipinski definition) is 4. The summed E-state index contributed by atoms with van der Waals surface area (Å²) < 4.78 is 25.3. The van der Waals surface area contributed by atoms with Crippen LogP contribution in [-0.4, -0.2) is 50.2 Å². The second-order valence-corrected chi connectivity index (χ2v) is 8.91. The standard InChI is InChI=1S/C15H21BrN2O3S/c1-11-7-18(8-12(2)17-11)15(19)10-22(20,21)9-13-3-5-14(16)6-4-13/h3-6,11-12,17H,7-10H2,1-2H3/t11-,12+. The van der Waals surface area contributed by atoms with Crippen LogP contribution in [0.4, 0.5) is 0 Å². The molecule has 1 amide bonds. The Hall–Kier alpha value is -0.920. The van der Waals surface area contributed by atoms with Crippen molar-refractivity contribution in [3.05, 3.63) is 34.3 Å². The summed E-state index contributed by atoms with van der Waals surface area (Å²) in [5, 5.41) is 3.32. The van der Waals surface area contributed by atoms with E-state index in [4.69, 9.17) is 0 Å². The van der Waals surface area contributed by atoms with Gasteiger partial charge in [0.2, 0.25) is 5.91 Å². The lowest BCUT2D eigenvalue weighted by atomic mass is 10.1. The minimum atomic E-state index is -3.46. The van der Waals surface area contributed by atoms with Crippen LogP contribution < -0.4 is 5.32 Å². The van der Waals surface area contributed by atoms with Crippen LogP contribution in [-0.2, 0) is 20.4 Å². The number of sulfone groups is 1. The lowest BCUT2D eigenvalue weighted by molar-refractivity contribution is -0.130. The minimum Gasteiger partial charge on any atom is -0.339 e. The third-order valence-corrected chi connectivity index (χ3v) is 5.54. The molecule has 22 heavy (non-hydrogen) atoms. The number of carbonyl (C=O) groups is 1. The zero-order chi connectivity index (χ0) is 16.3. The van der Waals surface area contributed by atoms with Gasteiger partial charge < -0.3 is 10.2 Å². The van der Waals surface area contributed by atoms with Gasteiger partial charge >= 0.3 is 0 Å². The van der Waals surface area contributed by atoms with E-state index >= 15 is 0 Å². The number of rotatable bonds is 4. The van der Waals surface area contributed by atoms with Crippen molar-refractivity contribution in [3.8, 4) is 0 Å². The molecule has 0 unspecified atom stereocenters. The first kappa shape index (κ1) is 17.4. The molecule has 2 rings (SSSR count). The molecule has 1 aliphatic rings. The third kappa shape index (κ3) is 5.07. The lowest BCUT2D eigenvalue weighted by Gasteiger charge is -2.36. The molecule has 2 atom stereocenters. The number of carbonyl (C=O) groups excluding carboxylic acids is 1. The van der Waals surface area contributed by atoms with Gasteiger partial charge in [-0.15, -0.1) is 0 Å². The Morgan fingerprint density at radius 1 is 1.23 bits per heavy atom. The van der Waals surface area contributed by atoms with Gasteiger partial charge in [-0.2, -0.15) is 0 Å². The van der Waals surface area contributed by atoms with E-state index in [0.717, 1.165) is 4.47 Å². The Labute approximate surface area is 140 Å². The van der Waals surface area contributed by atoms with Crippen LogP contribution >= 0.6 is 15.9 Å². The van der Waals surface area contributed by atoms with Gasteiger partial charge in [0.15, 0.2) is 9.84 Å². The predicted molar refractivity (Wildman–Crippen MR) is 90.3 cm³/mol. The summed E-state index contributed by atoms with van der Waals surface area (Å²) in [5.74, 6) is -0.844. The van der Waals surface area contributed by atoms with Crippen LogP contribution in [0.2, 0.25) is 0 Å². The monoisotopic (exact) mass is 388 g/mol. The van der Waals surface area contributed by atoms with Crippen molar-refractivity contribution in [1.29, 1.82) is 0 Å². The van der Waals surface area contributed by atoms with Gasteiger partial charge in [0.05, 0.1) is 5.75 Å². The average Bonchev–Trinajstić information content (AvgIpc) is 2.39. The highest BCUT2D eigenvalue weighted by Crippen LogP contribution is 2.14. The van der Waals surface area contributed by atoms with Crippen molar-refractivity contribution in [3.63, 3.8) is 0 Å². The first-order chi connectivity index (χ1) is 10.2. The molecule has 1 heterocycles. The first-order valence-electron chi connectivity index (χ1n) is 7.24. The van der Waals surface area contributed by atoms with Gasteiger partial charge in [0, 0.05) is 29.6 Å². The van der Waals surface area contributed by atoms with Crippen molar-refractivity contribution >= 4 is 31.7 Å². The van der Waals surface area contributed by atoms with Crippen LogP contribution in [0, 0.1) is 0 Å². The van der Waals surface area contributed by atoms with E-state index in [1.165, 1.54) is 0 Å². The Kier molecular flexibility index (Phi) is 5.63. The maximum Gasteiger partial charge on any atom is 0.237 e. The SMILES string of the molecule is C[C@@H]1CN(C(=O)CS(=O)(=O)Cc2ccc(Br)cc2)C[C@H](C)N1. The summed E-state index contributed by atoms with van der Waals surface area (Å²) in [6.45, 7) is 5.09. The molecule has 0 bridgehead atoms. The van der Waals surface area contributed by atoms with Crippen LogP contribution in [0.5, 0.6) is 0 Å². The molecule has 122 valence electrons. The molecule has 5 nitrogen and oxygen atoms in total. The van der Waals surface area contributed by atoms with Crippen molar-refractivity contribution in [1.82, 2.24) is 10.2 Å². The summed E-state index contributed by atoms with van der Waals surface area (Å²) >= 11 is 3.31. The largest absolute Gasteiger partial charge is 0.339 e. The molecule has 0 radical (unpaired) electrons. The summed E-state index contributed by atoms with van der Waals surface area (Å²) in [5.41, 5.74) is 0.693. The minimum absolute atomic E-state index is 0.108. The van der Waals surface area contributed by atoms with Gasteiger partial charge in [-0.3, -0.25) is 4.79 Å². The number of piperazine rings is 1. The van der Waals surface area contributed by atoms with Crippen LogP contribution in [0.1, 0.15) is 19.4 Å². The van der Waals surface area contributed by atoms with Crippen molar-refractivity contribution < 1.29 is 13.2 Å². The summed E-state index contributed by atoms with van der Waals surface area (Å²) in [7, 11) is -3.46. The van der Waals surface area contributed by atoms with Crippen molar-refractivity contribution in [2.24, 2.45) is 0 Å². The van der Waals surface area contributed by atoms with E-state index in [1.54, 1.807) is 29.2 Å². The van der Waals surface area contributed by atoms with Gasteiger partial charge in [0.1, 0.15) is 5.75 Å². The molecular weight excluding hydrogens is 368 g/mol. The molecule has 0 spiro atoms. The normalized spacial score (nSPS) is 22.6. The molecule has 1 fully saturated rings. The van der Waals surface area contributed by atoms with Gasteiger partial charge in [-0.1, -0.05) is 28.1 Å². The van der Waals surface area contributed by atoms with E-state index in [1.807, 2.05) is 13.8 Å². The summed E-state index contributed by atoms with van der Waals surface area (Å²) in [6.07, 6.45) is 0. The fourth-order valence-corrected chi connectivity index (χ4v) is 4.32. The van der Waals surface area contributed by atoms with Crippen molar-refractivity contribution in [2.75, 3.05) is 18.8 Å². The molecular formula is C15H21BrN2O3S. The molecule has 1 aromatic carbocycles. The maximum atomic E-state index is 12.3. The van der Waals surface area contributed by atoms with Crippen LogP contribution in [0.15, 0.2) is 28.7 Å². The number of amides is 1. The predicted octanol–water partition coefficient (Wildman–Crippen LogP) is 1.57. The fraction of sp³-hybridized carbons (Fsp3) is 0.533. The zero-order valence-corrected chi connectivity index (χ0v) is 15.2. The average molecular weight is 389 g/mol. The van der Waals surface area contributed by atoms with Gasteiger partial charge in [-0.25, -0.2) is 8.42 Å². The second kappa shape index (κ2) is 7.10. The molecule has 0 aromatic heterocycles.